The number of halogens is 2. The fraction of sp³-hybridized carbons (Fsp3) is 0.545. The first-order valence-electron chi connectivity index (χ1n) is 14.8. The maximum absolute atomic E-state index is 14.2. The zero-order chi connectivity index (χ0) is 30.9. The molecular formula is C33H43F2NO5S. The molecule has 3 aliphatic carbocycles. The van der Waals surface area contributed by atoms with E-state index in [0.29, 0.717) is 62.5 Å². The van der Waals surface area contributed by atoms with Crippen LogP contribution in [0.1, 0.15) is 98.7 Å². The summed E-state index contributed by atoms with van der Waals surface area (Å²) >= 11 is 0. The van der Waals surface area contributed by atoms with Gasteiger partial charge in [0.1, 0.15) is 0 Å². The second kappa shape index (κ2) is 12.6. The Labute approximate surface area is 248 Å². The molecule has 6 nitrogen and oxygen atoms in total. The van der Waals surface area contributed by atoms with Crippen molar-refractivity contribution < 1.29 is 32.2 Å². The molecule has 2 aromatic rings. The van der Waals surface area contributed by atoms with E-state index in [2.05, 4.69) is 6.08 Å². The van der Waals surface area contributed by atoms with Crippen LogP contribution in [0.5, 0.6) is 0 Å². The SMILES string of the molecule is CCCN(C[C@]1(O)CC[C@H]2c3ccc(cc3C(=O)c3ccc(F)c(F)c3)C[C@@H](O)CCC(C)=CCC[C@@]21C)S(C)(=O)=O. The van der Waals surface area contributed by atoms with Crippen molar-refractivity contribution in [3.63, 3.8) is 0 Å². The predicted octanol–water partition coefficient (Wildman–Crippen LogP) is 5.91. The van der Waals surface area contributed by atoms with E-state index in [1.807, 2.05) is 32.9 Å². The number of allylic oxidation sites excluding steroid dienone is 2. The number of hydrogen-bond acceptors (Lipinski definition) is 5. The van der Waals surface area contributed by atoms with E-state index in [9.17, 15) is 32.2 Å². The van der Waals surface area contributed by atoms with Crippen LogP contribution >= 0.6 is 0 Å². The highest BCUT2D eigenvalue weighted by Crippen LogP contribution is 2.59. The molecule has 5 rings (SSSR count). The number of ketones is 1. The highest BCUT2D eigenvalue weighted by atomic mass is 32.2. The van der Waals surface area contributed by atoms with Crippen molar-refractivity contribution in [2.45, 2.75) is 89.8 Å². The predicted molar refractivity (Wildman–Crippen MR) is 160 cm³/mol. The third-order valence-corrected chi connectivity index (χ3v) is 10.7. The van der Waals surface area contributed by atoms with E-state index < -0.39 is 44.6 Å². The molecule has 9 heteroatoms. The average Bonchev–Trinajstić information content (AvgIpc) is 3.17. The summed E-state index contributed by atoms with van der Waals surface area (Å²) in [5, 5.41) is 23.1. The Balaban J connectivity index is 1.87. The lowest BCUT2D eigenvalue weighted by atomic mass is 9.64. The van der Waals surface area contributed by atoms with E-state index in [-0.39, 0.29) is 24.6 Å². The summed E-state index contributed by atoms with van der Waals surface area (Å²) < 4.78 is 54.6. The first kappa shape index (κ1) is 32.5. The van der Waals surface area contributed by atoms with Crippen molar-refractivity contribution in [1.82, 2.24) is 4.31 Å². The van der Waals surface area contributed by atoms with Gasteiger partial charge in [0.2, 0.25) is 10.0 Å². The molecule has 0 spiro atoms. The maximum atomic E-state index is 14.2. The molecule has 0 radical (unpaired) electrons. The molecule has 1 fully saturated rings. The van der Waals surface area contributed by atoms with Crippen molar-refractivity contribution in [3.8, 4) is 0 Å². The number of carbonyl (C=O) groups is 1. The highest BCUT2D eigenvalue weighted by Gasteiger charge is 2.57. The Hall–Kier alpha value is -2.46. The standard InChI is InChI=1S/C33H43F2NO5S/c1-5-17-36(42(4,40)41)21-33(39)16-14-28-26-12-9-23(18-25(37)11-8-22(2)7-6-15-32(28,33)3)19-27(26)31(38)24-10-13-29(34)30(35)20-24/h7,9-10,12-13,19-20,25,28,37,39H,5-6,8,11,14-18,21H2,1-4H3/t25-,28-,32-,33+/m0/s1. The summed E-state index contributed by atoms with van der Waals surface area (Å²) in [5.74, 6) is -2.94. The number of rotatable bonds is 7. The van der Waals surface area contributed by atoms with Crippen LogP contribution in [0.15, 0.2) is 48.0 Å². The summed E-state index contributed by atoms with van der Waals surface area (Å²) in [4.78, 5) is 13.9. The number of benzene rings is 2. The molecule has 0 saturated heterocycles. The van der Waals surface area contributed by atoms with Gasteiger partial charge >= 0.3 is 0 Å². The van der Waals surface area contributed by atoms with Gasteiger partial charge in [-0.15, -0.1) is 0 Å². The number of nitrogens with zero attached hydrogens (tertiary/aromatic N) is 1. The molecule has 1 saturated carbocycles. The summed E-state index contributed by atoms with van der Waals surface area (Å²) in [6.07, 6.45) is 6.86. The number of aliphatic hydroxyl groups is 2. The van der Waals surface area contributed by atoms with E-state index in [0.717, 1.165) is 29.5 Å². The summed E-state index contributed by atoms with van der Waals surface area (Å²) in [5.41, 5.74) is 0.718. The lowest BCUT2D eigenvalue weighted by Crippen LogP contribution is -2.53. The summed E-state index contributed by atoms with van der Waals surface area (Å²) in [7, 11) is -3.58. The molecule has 230 valence electrons. The Bertz CT molecular complexity index is 1460. The van der Waals surface area contributed by atoms with Crippen LogP contribution in [0, 0.1) is 17.0 Å². The number of fused-ring (bicyclic) bond motifs is 8. The van der Waals surface area contributed by atoms with Crippen molar-refractivity contribution in [2.24, 2.45) is 5.41 Å². The fourth-order valence-electron chi connectivity index (χ4n) is 6.89. The molecule has 2 aromatic carbocycles. The van der Waals surface area contributed by atoms with Crippen LogP contribution in [0.4, 0.5) is 8.78 Å². The third-order valence-electron chi connectivity index (χ3n) is 9.48. The van der Waals surface area contributed by atoms with Gasteiger partial charge in [-0.2, -0.15) is 4.31 Å². The van der Waals surface area contributed by atoms with E-state index in [1.54, 1.807) is 6.07 Å². The van der Waals surface area contributed by atoms with Gasteiger partial charge in [-0.25, -0.2) is 17.2 Å². The molecule has 3 aliphatic rings. The third kappa shape index (κ3) is 6.69. The van der Waals surface area contributed by atoms with E-state index in [1.165, 1.54) is 10.4 Å². The lowest BCUT2D eigenvalue weighted by molar-refractivity contribution is -0.0723. The first-order chi connectivity index (χ1) is 19.7. The van der Waals surface area contributed by atoms with Gasteiger partial charge in [-0.3, -0.25) is 4.79 Å². The van der Waals surface area contributed by atoms with Crippen molar-refractivity contribution in [2.75, 3.05) is 19.3 Å². The van der Waals surface area contributed by atoms with Gasteiger partial charge in [-0.05, 0) is 99.6 Å². The zero-order valence-electron chi connectivity index (χ0n) is 25.0. The van der Waals surface area contributed by atoms with Crippen LogP contribution in [0.3, 0.4) is 0 Å². The summed E-state index contributed by atoms with van der Waals surface area (Å²) in [6.45, 7) is 6.14. The topological polar surface area (TPSA) is 94.9 Å². The van der Waals surface area contributed by atoms with Crippen molar-refractivity contribution in [3.05, 3.63) is 81.9 Å². The molecule has 0 amide bonds. The van der Waals surface area contributed by atoms with Crippen LogP contribution in [0.2, 0.25) is 0 Å². The van der Waals surface area contributed by atoms with E-state index >= 15 is 0 Å². The average molecular weight is 604 g/mol. The number of aliphatic hydroxyl groups excluding tert-OH is 1. The minimum absolute atomic E-state index is 0.00804. The molecule has 0 aromatic heterocycles. The largest absolute Gasteiger partial charge is 0.393 e. The van der Waals surface area contributed by atoms with Gasteiger partial charge in [0.05, 0.1) is 18.0 Å². The number of carbonyl (C=O) groups excluding carboxylic acids is 1. The highest BCUT2D eigenvalue weighted by molar-refractivity contribution is 7.88. The zero-order valence-corrected chi connectivity index (χ0v) is 25.8. The summed E-state index contributed by atoms with van der Waals surface area (Å²) in [6, 6.07) is 8.56. The van der Waals surface area contributed by atoms with Crippen LogP contribution in [-0.2, 0) is 16.4 Å². The van der Waals surface area contributed by atoms with Crippen LogP contribution in [0.25, 0.3) is 0 Å². The number of hydrogen-bond donors (Lipinski definition) is 2. The fourth-order valence-corrected chi connectivity index (χ4v) is 7.86. The molecule has 0 heterocycles. The van der Waals surface area contributed by atoms with E-state index in [4.69, 9.17) is 0 Å². The van der Waals surface area contributed by atoms with Crippen molar-refractivity contribution >= 4 is 15.8 Å². The van der Waals surface area contributed by atoms with Gasteiger partial charge in [0, 0.05) is 29.6 Å². The molecule has 2 N–H and O–H groups in total. The Morgan fingerprint density at radius 2 is 1.83 bits per heavy atom. The minimum atomic E-state index is -3.58. The van der Waals surface area contributed by atoms with Gasteiger partial charge in [0.15, 0.2) is 17.4 Å². The Morgan fingerprint density at radius 1 is 1.10 bits per heavy atom. The second-order valence-electron chi connectivity index (χ2n) is 12.5. The molecule has 42 heavy (non-hydrogen) atoms. The first-order valence-corrected chi connectivity index (χ1v) is 16.7. The monoisotopic (exact) mass is 603 g/mol. The molecule has 2 bridgehead atoms. The molecule has 0 unspecified atom stereocenters. The van der Waals surface area contributed by atoms with Crippen LogP contribution < -0.4 is 0 Å². The maximum Gasteiger partial charge on any atom is 0.211 e. The lowest BCUT2D eigenvalue weighted by Gasteiger charge is -2.45. The minimum Gasteiger partial charge on any atom is -0.393 e. The quantitative estimate of drug-likeness (QED) is 0.303. The van der Waals surface area contributed by atoms with Gasteiger partial charge < -0.3 is 10.2 Å². The van der Waals surface area contributed by atoms with Crippen molar-refractivity contribution in [1.29, 1.82) is 0 Å². The Morgan fingerprint density at radius 3 is 2.50 bits per heavy atom. The molecule has 0 aliphatic heterocycles. The van der Waals surface area contributed by atoms with Crippen LogP contribution in [-0.4, -0.2) is 59.8 Å². The smallest absolute Gasteiger partial charge is 0.211 e. The van der Waals surface area contributed by atoms with Gasteiger partial charge in [-0.1, -0.05) is 37.6 Å². The molecular weight excluding hydrogens is 560 g/mol. The Kier molecular flexibility index (Phi) is 9.77. The normalized spacial score (nSPS) is 27.0. The van der Waals surface area contributed by atoms with Gasteiger partial charge in [0.25, 0.3) is 0 Å². The number of sulfonamides is 1. The second-order valence-corrected chi connectivity index (χ2v) is 14.5. The molecule has 4 atom stereocenters.